The molecule has 2 heterocycles. The number of ether oxygens (including phenoxy) is 1. The van der Waals surface area contributed by atoms with E-state index in [2.05, 4.69) is 4.90 Å². The van der Waals surface area contributed by atoms with Crippen molar-refractivity contribution in [2.45, 2.75) is 18.6 Å². The number of amides is 1. The molecule has 2 unspecified atom stereocenters. The van der Waals surface area contributed by atoms with Gasteiger partial charge in [-0.3, -0.25) is 29.7 Å². The first-order chi connectivity index (χ1) is 14.2. The molecule has 1 aromatic carbocycles. The second-order valence-corrected chi connectivity index (χ2v) is 7.37. The smallest absolute Gasteiger partial charge is 0.414 e. The number of nitrogen functional groups attached to an aromatic ring is 1. The summed E-state index contributed by atoms with van der Waals surface area (Å²) in [5, 5.41) is 25.6. The zero-order chi connectivity index (χ0) is 21.8. The Hall–Kier alpha value is -3.18. The minimum atomic E-state index is -1.14. The molecule has 162 valence electrons. The Morgan fingerprint density at radius 1 is 1.17 bits per heavy atom. The van der Waals surface area contributed by atoms with Crippen LogP contribution in [0.5, 0.6) is 0 Å². The van der Waals surface area contributed by atoms with Gasteiger partial charge in [-0.15, -0.1) is 0 Å². The first-order valence-corrected chi connectivity index (χ1v) is 9.58. The van der Waals surface area contributed by atoms with Crippen molar-refractivity contribution >= 4 is 29.6 Å². The van der Waals surface area contributed by atoms with Gasteiger partial charge in [0.1, 0.15) is 18.0 Å². The number of aliphatic carboxylic acids is 2. The number of carbonyl (C=O) groups excluding carboxylic acids is 1. The number of piperazine rings is 1. The van der Waals surface area contributed by atoms with E-state index < -0.39 is 30.5 Å². The summed E-state index contributed by atoms with van der Waals surface area (Å²) in [6.45, 7) is 2.88. The monoisotopic (exact) mass is 419 g/mol. The van der Waals surface area contributed by atoms with Crippen molar-refractivity contribution in [2.75, 3.05) is 44.2 Å². The number of amidine groups is 1. The van der Waals surface area contributed by atoms with Crippen LogP contribution in [0.4, 0.5) is 10.5 Å². The van der Waals surface area contributed by atoms with Crippen molar-refractivity contribution in [3.63, 3.8) is 0 Å². The number of rotatable bonds is 8. The molecule has 2 atom stereocenters. The van der Waals surface area contributed by atoms with E-state index >= 15 is 0 Å². The maximum absolute atomic E-state index is 12.3. The van der Waals surface area contributed by atoms with Crippen molar-refractivity contribution < 1.29 is 29.3 Å². The highest BCUT2D eigenvalue weighted by Crippen LogP contribution is 2.23. The molecule has 2 aliphatic heterocycles. The quantitative estimate of drug-likeness (QED) is 0.331. The Balaban J connectivity index is 1.52. The molecular formula is C19H25N5O6. The van der Waals surface area contributed by atoms with Crippen LogP contribution in [0.15, 0.2) is 24.3 Å². The standard InChI is InChI=1S/C19H25N5O6/c20-17(21)12-1-3-13(4-2-12)24-11-14(30-19(24)29)10-22-5-7-23(8-6-22)15(18(27)28)9-16(25)26/h1-4,14-15H,5-11H2,(H3,20,21)(H,25,26)(H,27,28). The number of nitrogens with two attached hydrogens (primary N) is 1. The number of nitrogens with zero attached hydrogens (tertiary/aromatic N) is 3. The fourth-order valence-electron chi connectivity index (χ4n) is 3.73. The van der Waals surface area contributed by atoms with Gasteiger partial charge in [0.05, 0.1) is 13.0 Å². The summed E-state index contributed by atoms with van der Waals surface area (Å²) < 4.78 is 5.47. The zero-order valence-electron chi connectivity index (χ0n) is 16.4. The largest absolute Gasteiger partial charge is 0.481 e. The predicted octanol–water partition coefficient (Wildman–Crippen LogP) is -0.159. The summed E-state index contributed by atoms with van der Waals surface area (Å²) in [6, 6.07) is 5.74. The van der Waals surface area contributed by atoms with E-state index in [1.54, 1.807) is 29.2 Å². The number of carbonyl (C=O) groups is 3. The van der Waals surface area contributed by atoms with Crippen molar-refractivity contribution in [2.24, 2.45) is 5.73 Å². The van der Waals surface area contributed by atoms with Gasteiger partial charge in [-0.1, -0.05) is 0 Å². The second-order valence-electron chi connectivity index (χ2n) is 7.37. The van der Waals surface area contributed by atoms with E-state index in [9.17, 15) is 19.5 Å². The first kappa shape index (κ1) is 21.5. The van der Waals surface area contributed by atoms with Crippen molar-refractivity contribution in [1.82, 2.24) is 9.80 Å². The Morgan fingerprint density at radius 2 is 1.80 bits per heavy atom. The summed E-state index contributed by atoms with van der Waals surface area (Å²) in [7, 11) is 0. The number of carboxylic acids is 2. The minimum Gasteiger partial charge on any atom is -0.481 e. The Morgan fingerprint density at radius 3 is 2.33 bits per heavy atom. The van der Waals surface area contributed by atoms with Crippen molar-refractivity contribution in [3.05, 3.63) is 29.8 Å². The van der Waals surface area contributed by atoms with Gasteiger partial charge in [-0.05, 0) is 24.3 Å². The third kappa shape index (κ3) is 5.05. The van der Waals surface area contributed by atoms with Gasteiger partial charge in [0.2, 0.25) is 0 Å². The van der Waals surface area contributed by atoms with Gasteiger partial charge in [0, 0.05) is 44.0 Å². The van der Waals surface area contributed by atoms with E-state index in [1.165, 1.54) is 4.90 Å². The first-order valence-electron chi connectivity index (χ1n) is 9.58. The molecule has 11 heteroatoms. The summed E-state index contributed by atoms with van der Waals surface area (Å²) in [6.07, 6.45) is -1.21. The van der Waals surface area contributed by atoms with E-state index in [0.29, 0.717) is 50.5 Å². The van der Waals surface area contributed by atoms with E-state index in [-0.39, 0.29) is 11.9 Å². The highest BCUT2D eigenvalue weighted by atomic mass is 16.6. The van der Waals surface area contributed by atoms with Crippen molar-refractivity contribution in [1.29, 1.82) is 5.41 Å². The normalized spacial score (nSPS) is 21.3. The van der Waals surface area contributed by atoms with Gasteiger partial charge in [-0.25, -0.2) is 4.79 Å². The van der Waals surface area contributed by atoms with Gasteiger partial charge < -0.3 is 20.7 Å². The number of benzene rings is 1. The SMILES string of the molecule is N=C(N)c1ccc(N2CC(CN3CCN(C(CC(=O)O)C(=O)O)CC3)OC2=O)cc1. The van der Waals surface area contributed by atoms with Crippen LogP contribution in [-0.4, -0.2) is 95.3 Å². The Labute approximate surface area is 173 Å². The molecule has 0 aromatic heterocycles. The number of hydrogen-bond acceptors (Lipinski definition) is 7. The number of anilines is 1. The lowest BCUT2D eigenvalue weighted by atomic mass is 10.1. The minimum absolute atomic E-state index is 0.0453. The van der Waals surface area contributed by atoms with E-state index in [4.69, 9.17) is 21.0 Å². The lowest BCUT2D eigenvalue weighted by molar-refractivity contribution is -0.150. The lowest BCUT2D eigenvalue weighted by Crippen LogP contribution is -2.54. The van der Waals surface area contributed by atoms with Crippen LogP contribution < -0.4 is 10.6 Å². The third-order valence-corrected chi connectivity index (χ3v) is 5.33. The molecule has 2 fully saturated rings. The maximum Gasteiger partial charge on any atom is 0.414 e. The highest BCUT2D eigenvalue weighted by molar-refractivity contribution is 5.96. The van der Waals surface area contributed by atoms with Gasteiger partial charge in [0.25, 0.3) is 0 Å². The molecular weight excluding hydrogens is 394 g/mol. The van der Waals surface area contributed by atoms with E-state index in [1.807, 2.05) is 0 Å². The van der Waals surface area contributed by atoms with Crippen molar-refractivity contribution in [3.8, 4) is 0 Å². The van der Waals surface area contributed by atoms with Crippen LogP contribution in [0.25, 0.3) is 0 Å². The number of hydrogen-bond donors (Lipinski definition) is 4. The number of cyclic esters (lactones) is 1. The van der Waals surface area contributed by atoms with Crippen LogP contribution >= 0.6 is 0 Å². The fraction of sp³-hybridized carbons (Fsp3) is 0.474. The second kappa shape index (κ2) is 9.09. The maximum atomic E-state index is 12.3. The average Bonchev–Trinajstić information content (AvgIpc) is 3.06. The summed E-state index contributed by atoms with van der Waals surface area (Å²) in [5.41, 5.74) is 6.68. The highest BCUT2D eigenvalue weighted by Gasteiger charge is 2.35. The summed E-state index contributed by atoms with van der Waals surface area (Å²) in [4.78, 5) is 39.8. The predicted molar refractivity (Wildman–Crippen MR) is 107 cm³/mol. The fourth-order valence-corrected chi connectivity index (χ4v) is 3.73. The average molecular weight is 419 g/mol. The molecule has 0 bridgehead atoms. The molecule has 3 rings (SSSR count). The molecule has 5 N–H and O–H groups in total. The summed E-state index contributed by atoms with van der Waals surface area (Å²) in [5.74, 6) is -2.32. The third-order valence-electron chi connectivity index (χ3n) is 5.33. The molecule has 1 aromatic rings. The van der Waals surface area contributed by atoms with Gasteiger partial charge in [0.15, 0.2) is 0 Å². The molecule has 0 radical (unpaired) electrons. The van der Waals surface area contributed by atoms with Crippen LogP contribution in [0.2, 0.25) is 0 Å². The molecule has 1 amide bonds. The molecule has 2 saturated heterocycles. The number of carboxylic acid groups (broad SMARTS) is 2. The Kier molecular flexibility index (Phi) is 6.53. The topological polar surface area (TPSA) is 160 Å². The van der Waals surface area contributed by atoms with Crippen LogP contribution in [0.1, 0.15) is 12.0 Å². The molecule has 2 aliphatic rings. The van der Waals surface area contributed by atoms with Gasteiger partial charge >= 0.3 is 18.0 Å². The summed E-state index contributed by atoms with van der Waals surface area (Å²) >= 11 is 0. The molecule has 0 saturated carbocycles. The molecule has 0 spiro atoms. The Bertz CT molecular complexity index is 821. The van der Waals surface area contributed by atoms with Crippen LogP contribution in [0.3, 0.4) is 0 Å². The number of nitrogens with one attached hydrogen (secondary N) is 1. The van der Waals surface area contributed by atoms with Crippen LogP contribution in [0, 0.1) is 5.41 Å². The zero-order valence-corrected chi connectivity index (χ0v) is 16.4. The molecule has 30 heavy (non-hydrogen) atoms. The molecule has 0 aliphatic carbocycles. The van der Waals surface area contributed by atoms with Crippen LogP contribution in [-0.2, 0) is 14.3 Å². The molecule has 11 nitrogen and oxygen atoms in total. The van der Waals surface area contributed by atoms with E-state index in [0.717, 1.165) is 0 Å². The van der Waals surface area contributed by atoms with Gasteiger partial charge in [-0.2, -0.15) is 0 Å². The lowest BCUT2D eigenvalue weighted by Gasteiger charge is -2.37.